The third-order valence-corrected chi connectivity index (χ3v) is 5.83. The van der Waals surface area contributed by atoms with Crippen LogP contribution in [-0.2, 0) is 9.59 Å². The molecule has 1 saturated carbocycles. The minimum Gasteiger partial charge on any atom is -0.341 e. The van der Waals surface area contributed by atoms with Crippen molar-refractivity contribution in [3.05, 3.63) is 0 Å². The van der Waals surface area contributed by atoms with E-state index in [1.165, 1.54) is 19.3 Å². The van der Waals surface area contributed by atoms with E-state index in [-0.39, 0.29) is 23.8 Å². The summed E-state index contributed by atoms with van der Waals surface area (Å²) in [4.78, 5) is 29.1. The molecule has 2 amide bonds. The van der Waals surface area contributed by atoms with Crippen LogP contribution in [0.25, 0.3) is 0 Å². The standard InChI is InChI=1S/C15H24N2O2S/c18-14(12-6-2-3-7-12)17-11-20-10-13(17)15(19)16-8-4-1-5-9-16/h12-13H,1-11H2. The summed E-state index contributed by atoms with van der Waals surface area (Å²) in [6.45, 7) is 1.76. The summed E-state index contributed by atoms with van der Waals surface area (Å²) < 4.78 is 0. The molecule has 0 aromatic rings. The number of likely N-dealkylation sites (tertiary alicyclic amines) is 1. The number of carbonyl (C=O) groups excluding carboxylic acids is 2. The third kappa shape index (κ3) is 2.83. The molecule has 4 nitrogen and oxygen atoms in total. The Hall–Kier alpha value is -0.710. The summed E-state index contributed by atoms with van der Waals surface area (Å²) in [6, 6.07) is -0.189. The number of piperidine rings is 1. The van der Waals surface area contributed by atoms with Crippen LogP contribution < -0.4 is 0 Å². The molecule has 112 valence electrons. The molecule has 0 aromatic heterocycles. The van der Waals surface area contributed by atoms with E-state index in [0.29, 0.717) is 5.88 Å². The zero-order valence-electron chi connectivity index (χ0n) is 12.1. The second kappa shape index (κ2) is 6.37. The molecule has 1 atom stereocenters. The van der Waals surface area contributed by atoms with E-state index >= 15 is 0 Å². The number of nitrogens with zero attached hydrogens (tertiary/aromatic N) is 2. The highest BCUT2D eigenvalue weighted by Gasteiger charge is 2.39. The lowest BCUT2D eigenvalue weighted by atomic mass is 10.1. The number of thioether (sulfide) groups is 1. The Labute approximate surface area is 125 Å². The third-order valence-electron chi connectivity index (χ3n) is 4.82. The summed E-state index contributed by atoms with van der Waals surface area (Å²) in [5.41, 5.74) is 0. The van der Waals surface area contributed by atoms with E-state index in [1.807, 2.05) is 9.80 Å². The summed E-state index contributed by atoms with van der Waals surface area (Å²) >= 11 is 1.73. The Kier molecular flexibility index (Phi) is 4.54. The molecule has 0 bridgehead atoms. The van der Waals surface area contributed by atoms with Crippen LogP contribution in [0.2, 0.25) is 0 Å². The van der Waals surface area contributed by atoms with Gasteiger partial charge in [-0.05, 0) is 32.1 Å². The number of carbonyl (C=O) groups is 2. The second-order valence-corrected chi connectivity index (χ2v) is 7.19. The number of rotatable bonds is 2. The fraction of sp³-hybridized carbons (Fsp3) is 0.867. The summed E-state index contributed by atoms with van der Waals surface area (Å²) in [6.07, 6.45) is 7.83. The fourth-order valence-electron chi connectivity index (χ4n) is 3.60. The van der Waals surface area contributed by atoms with Gasteiger partial charge < -0.3 is 9.80 Å². The van der Waals surface area contributed by atoms with Gasteiger partial charge in [-0.1, -0.05) is 12.8 Å². The maximum absolute atomic E-state index is 12.6. The zero-order valence-corrected chi connectivity index (χ0v) is 12.9. The van der Waals surface area contributed by atoms with Crippen molar-refractivity contribution in [3.63, 3.8) is 0 Å². The summed E-state index contributed by atoms with van der Waals surface area (Å²) in [7, 11) is 0. The number of amides is 2. The van der Waals surface area contributed by atoms with Gasteiger partial charge in [-0.25, -0.2) is 0 Å². The Balaban J connectivity index is 1.65. The molecule has 1 unspecified atom stereocenters. The molecule has 5 heteroatoms. The van der Waals surface area contributed by atoms with Gasteiger partial charge in [0.25, 0.3) is 0 Å². The van der Waals surface area contributed by atoms with Gasteiger partial charge in [0.05, 0.1) is 5.88 Å². The zero-order chi connectivity index (χ0) is 13.9. The van der Waals surface area contributed by atoms with Crippen molar-refractivity contribution in [3.8, 4) is 0 Å². The molecule has 3 aliphatic rings. The van der Waals surface area contributed by atoms with E-state index in [9.17, 15) is 9.59 Å². The first kappa shape index (κ1) is 14.2. The van der Waals surface area contributed by atoms with Gasteiger partial charge in [-0.15, -0.1) is 11.8 Å². The van der Waals surface area contributed by atoms with Gasteiger partial charge in [0, 0.05) is 24.8 Å². The first-order chi connectivity index (χ1) is 9.77. The first-order valence-corrected chi connectivity index (χ1v) is 9.10. The van der Waals surface area contributed by atoms with Crippen molar-refractivity contribution >= 4 is 23.6 Å². The monoisotopic (exact) mass is 296 g/mol. The van der Waals surface area contributed by atoms with E-state index in [4.69, 9.17) is 0 Å². The maximum Gasteiger partial charge on any atom is 0.246 e. The van der Waals surface area contributed by atoms with Crippen LogP contribution in [0.5, 0.6) is 0 Å². The Morgan fingerprint density at radius 3 is 2.30 bits per heavy atom. The van der Waals surface area contributed by atoms with E-state index < -0.39 is 0 Å². The number of hydrogen-bond acceptors (Lipinski definition) is 3. The smallest absolute Gasteiger partial charge is 0.246 e. The molecule has 2 aliphatic heterocycles. The Bertz CT molecular complexity index is 376. The molecular formula is C15H24N2O2S. The topological polar surface area (TPSA) is 40.6 Å². The maximum atomic E-state index is 12.6. The highest BCUT2D eigenvalue weighted by Crippen LogP contribution is 2.31. The van der Waals surface area contributed by atoms with E-state index in [2.05, 4.69) is 0 Å². The molecule has 0 N–H and O–H groups in total. The molecule has 2 saturated heterocycles. The summed E-state index contributed by atoms with van der Waals surface area (Å²) in [5, 5.41) is 0. The lowest BCUT2D eigenvalue weighted by Gasteiger charge is -2.33. The van der Waals surface area contributed by atoms with Crippen LogP contribution in [-0.4, -0.2) is 52.4 Å². The largest absolute Gasteiger partial charge is 0.341 e. The molecule has 1 aliphatic carbocycles. The van der Waals surface area contributed by atoms with Crippen molar-refractivity contribution in [1.29, 1.82) is 0 Å². The highest BCUT2D eigenvalue weighted by molar-refractivity contribution is 7.99. The lowest BCUT2D eigenvalue weighted by molar-refractivity contribution is -0.146. The van der Waals surface area contributed by atoms with Crippen LogP contribution >= 0.6 is 11.8 Å². The van der Waals surface area contributed by atoms with Crippen LogP contribution in [0.15, 0.2) is 0 Å². The predicted molar refractivity (Wildman–Crippen MR) is 80.3 cm³/mol. The minimum absolute atomic E-state index is 0.186. The van der Waals surface area contributed by atoms with E-state index in [0.717, 1.165) is 44.5 Å². The van der Waals surface area contributed by atoms with Crippen molar-refractivity contribution in [2.45, 2.75) is 51.0 Å². The fourth-order valence-corrected chi connectivity index (χ4v) is 4.75. The second-order valence-electron chi connectivity index (χ2n) is 6.19. The average molecular weight is 296 g/mol. The highest BCUT2D eigenvalue weighted by atomic mass is 32.2. The van der Waals surface area contributed by atoms with Crippen LogP contribution in [0, 0.1) is 5.92 Å². The van der Waals surface area contributed by atoms with Crippen molar-refractivity contribution in [2.75, 3.05) is 24.7 Å². The molecule has 3 fully saturated rings. The normalized spacial score (nSPS) is 28.1. The lowest BCUT2D eigenvalue weighted by Crippen LogP contribution is -2.51. The first-order valence-electron chi connectivity index (χ1n) is 7.94. The predicted octanol–water partition coefficient (Wildman–Crippen LogP) is 2.09. The van der Waals surface area contributed by atoms with Crippen LogP contribution in [0.4, 0.5) is 0 Å². The van der Waals surface area contributed by atoms with Crippen LogP contribution in [0.1, 0.15) is 44.9 Å². The SMILES string of the molecule is O=C(C1CSCN1C(=O)C1CCCC1)N1CCCCC1. The van der Waals surface area contributed by atoms with Crippen molar-refractivity contribution in [2.24, 2.45) is 5.92 Å². The van der Waals surface area contributed by atoms with Gasteiger partial charge in [-0.2, -0.15) is 0 Å². The molecule has 0 radical (unpaired) electrons. The Morgan fingerprint density at radius 2 is 1.60 bits per heavy atom. The molecule has 3 rings (SSSR count). The molecule has 20 heavy (non-hydrogen) atoms. The van der Waals surface area contributed by atoms with Crippen molar-refractivity contribution < 1.29 is 9.59 Å². The van der Waals surface area contributed by atoms with Gasteiger partial charge in [0.1, 0.15) is 6.04 Å². The molecule has 0 aromatic carbocycles. The van der Waals surface area contributed by atoms with Gasteiger partial charge in [0.2, 0.25) is 11.8 Å². The summed E-state index contributed by atoms with van der Waals surface area (Å²) in [5.74, 6) is 2.11. The van der Waals surface area contributed by atoms with Gasteiger partial charge >= 0.3 is 0 Å². The van der Waals surface area contributed by atoms with Gasteiger partial charge in [0.15, 0.2) is 0 Å². The Morgan fingerprint density at radius 1 is 0.900 bits per heavy atom. The van der Waals surface area contributed by atoms with Crippen molar-refractivity contribution in [1.82, 2.24) is 9.80 Å². The minimum atomic E-state index is -0.189. The number of hydrogen-bond donors (Lipinski definition) is 0. The molecule has 2 heterocycles. The van der Waals surface area contributed by atoms with Gasteiger partial charge in [-0.3, -0.25) is 9.59 Å². The average Bonchev–Trinajstić information content (AvgIpc) is 3.18. The molecular weight excluding hydrogens is 272 g/mol. The van der Waals surface area contributed by atoms with E-state index in [1.54, 1.807) is 11.8 Å². The molecule has 0 spiro atoms. The van der Waals surface area contributed by atoms with Crippen LogP contribution in [0.3, 0.4) is 0 Å². The quantitative estimate of drug-likeness (QED) is 0.783.